The lowest BCUT2D eigenvalue weighted by Crippen LogP contribution is -2.52. The maximum Gasteiger partial charge on any atom is 0.240 e. The van der Waals surface area contributed by atoms with Crippen LogP contribution in [0.25, 0.3) is 0 Å². The topological polar surface area (TPSA) is 77.1 Å². The molecule has 2 aromatic carbocycles. The van der Waals surface area contributed by atoms with Crippen molar-refractivity contribution >= 4 is 33.2 Å². The van der Waals surface area contributed by atoms with E-state index in [9.17, 15) is 8.42 Å². The van der Waals surface area contributed by atoms with Crippen molar-refractivity contribution < 1.29 is 22.6 Å². The molecule has 1 fully saturated rings. The number of halogens is 2. The molecule has 0 aliphatic carbocycles. The number of benzene rings is 2. The van der Waals surface area contributed by atoms with Crippen molar-refractivity contribution in [3.05, 3.63) is 46.4 Å². The fourth-order valence-electron chi connectivity index (χ4n) is 3.39. The quantitative estimate of drug-likeness (QED) is 0.635. The first-order valence-corrected chi connectivity index (χ1v) is 11.8. The Kier molecular flexibility index (Phi) is 6.60. The Labute approximate surface area is 185 Å². The van der Waals surface area contributed by atoms with E-state index in [0.29, 0.717) is 48.6 Å². The van der Waals surface area contributed by atoms with Gasteiger partial charge in [0.2, 0.25) is 15.8 Å². The molecule has 0 aromatic heterocycles. The summed E-state index contributed by atoms with van der Waals surface area (Å²) in [6.07, 6.45) is 0. The molecule has 0 saturated carbocycles. The standard InChI is InChI=1S/C20H22Cl2N2O5S/c21-16-5-4-15(10-17(16)22)30(25,26)23-11-14-12-24(13-14)6-7-27-18-2-1-3-19-20(18)29-9-8-28-19/h1-5,10,14,23H,6-9,11-13H2. The second-order valence-corrected chi connectivity index (χ2v) is 9.76. The maximum absolute atomic E-state index is 12.4. The molecule has 0 spiro atoms. The van der Waals surface area contributed by atoms with Crippen LogP contribution in [0, 0.1) is 5.92 Å². The summed E-state index contributed by atoms with van der Waals surface area (Å²) in [5.74, 6) is 2.29. The van der Waals surface area contributed by atoms with E-state index in [0.717, 1.165) is 19.6 Å². The fraction of sp³-hybridized carbons (Fsp3) is 0.400. The normalized spacial score (nSPS) is 16.9. The molecule has 0 atom stereocenters. The predicted molar refractivity (Wildman–Crippen MR) is 115 cm³/mol. The van der Waals surface area contributed by atoms with Crippen LogP contribution >= 0.6 is 23.2 Å². The molecule has 2 aromatic rings. The molecule has 2 aliphatic rings. The third-order valence-corrected chi connectivity index (χ3v) is 7.15. The Hall–Kier alpha value is -1.71. The third-order valence-electron chi connectivity index (χ3n) is 4.99. The highest BCUT2D eigenvalue weighted by Gasteiger charge is 2.28. The van der Waals surface area contributed by atoms with Crippen molar-refractivity contribution in [2.24, 2.45) is 5.92 Å². The number of hydrogen-bond acceptors (Lipinski definition) is 6. The lowest BCUT2D eigenvalue weighted by Gasteiger charge is -2.39. The Morgan fingerprint density at radius 1 is 1.10 bits per heavy atom. The molecule has 7 nitrogen and oxygen atoms in total. The number of nitrogens with one attached hydrogen (secondary N) is 1. The number of para-hydroxylation sites is 1. The van der Waals surface area contributed by atoms with Crippen molar-refractivity contribution in [3.8, 4) is 17.2 Å². The molecule has 2 heterocycles. The summed E-state index contributed by atoms with van der Waals surface area (Å²) < 4.78 is 44.5. The van der Waals surface area contributed by atoms with Crippen LogP contribution in [0.2, 0.25) is 10.0 Å². The van der Waals surface area contributed by atoms with Gasteiger partial charge in [0.1, 0.15) is 19.8 Å². The maximum atomic E-state index is 12.4. The van der Waals surface area contributed by atoms with Crippen molar-refractivity contribution in [1.29, 1.82) is 0 Å². The number of sulfonamides is 1. The summed E-state index contributed by atoms with van der Waals surface area (Å²) in [5, 5.41) is 0.536. The highest BCUT2D eigenvalue weighted by atomic mass is 35.5. The molecule has 0 unspecified atom stereocenters. The monoisotopic (exact) mass is 472 g/mol. The molecular weight excluding hydrogens is 451 g/mol. The van der Waals surface area contributed by atoms with Gasteiger partial charge in [0.15, 0.2) is 11.5 Å². The second kappa shape index (κ2) is 9.20. The Bertz CT molecular complexity index is 1010. The van der Waals surface area contributed by atoms with Gasteiger partial charge in [-0.15, -0.1) is 0 Å². The van der Waals surface area contributed by atoms with Crippen molar-refractivity contribution in [1.82, 2.24) is 9.62 Å². The molecule has 1 N–H and O–H groups in total. The smallest absolute Gasteiger partial charge is 0.240 e. The van der Waals surface area contributed by atoms with E-state index in [1.807, 2.05) is 18.2 Å². The predicted octanol–water partition coefficient (Wildman–Crippen LogP) is 3.05. The summed E-state index contributed by atoms with van der Waals surface area (Å²) in [6.45, 7) is 4.30. The zero-order valence-corrected chi connectivity index (χ0v) is 18.5. The lowest BCUT2D eigenvalue weighted by atomic mass is 10.0. The summed E-state index contributed by atoms with van der Waals surface area (Å²) in [4.78, 5) is 2.32. The fourth-order valence-corrected chi connectivity index (χ4v) is 4.89. The van der Waals surface area contributed by atoms with Crippen LogP contribution in [-0.2, 0) is 10.0 Å². The van der Waals surface area contributed by atoms with E-state index in [2.05, 4.69) is 9.62 Å². The van der Waals surface area contributed by atoms with Gasteiger partial charge in [-0.2, -0.15) is 0 Å². The van der Waals surface area contributed by atoms with Gasteiger partial charge in [-0.1, -0.05) is 29.3 Å². The summed E-state index contributed by atoms with van der Waals surface area (Å²) in [6, 6.07) is 9.88. The zero-order chi connectivity index (χ0) is 21.1. The minimum Gasteiger partial charge on any atom is -0.488 e. The van der Waals surface area contributed by atoms with Gasteiger partial charge < -0.3 is 14.2 Å². The Morgan fingerprint density at radius 3 is 2.70 bits per heavy atom. The summed E-state index contributed by atoms with van der Waals surface area (Å²) >= 11 is 11.8. The van der Waals surface area contributed by atoms with E-state index in [1.165, 1.54) is 18.2 Å². The number of fused-ring (bicyclic) bond motifs is 1. The van der Waals surface area contributed by atoms with Crippen LogP contribution in [0.3, 0.4) is 0 Å². The Morgan fingerprint density at radius 2 is 1.90 bits per heavy atom. The number of nitrogens with zero attached hydrogens (tertiary/aromatic N) is 1. The molecule has 2 aliphatic heterocycles. The van der Waals surface area contributed by atoms with Gasteiger partial charge in [0, 0.05) is 26.2 Å². The van der Waals surface area contributed by atoms with E-state index >= 15 is 0 Å². The highest BCUT2D eigenvalue weighted by Crippen LogP contribution is 2.38. The van der Waals surface area contributed by atoms with Crippen molar-refractivity contribution in [3.63, 3.8) is 0 Å². The van der Waals surface area contributed by atoms with Gasteiger partial charge >= 0.3 is 0 Å². The van der Waals surface area contributed by atoms with Crippen LogP contribution < -0.4 is 18.9 Å². The molecule has 1 saturated heterocycles. The van der Waals surface area contributed by atoms with Crippen LogP contribution in [0.1, 0.15) is 0 Å². The molecule has 0 radical (unpaired) electrons. The van der Waals surface area contributed by atoms with Crippen molar-refractivity contribution in [2.75, 3.05) is 46.0 Å². The van der Waals surface area contributed by atoms with E-state index in [4.69, 9.17) is 37.4 Å². The van der Waals surface area contributed by atoms with Crippen LogP contribution in [-0.4, -0.2) is 59.3 Å². The Balaban J connectivity index is 1.19. The van der Waals surface area contributed by atoms with E-state index in [1.54, 1.807) is 0 Å². The zero-order valence-electron chi connectivity index (χ0n) is 16.1. The van der Waals surface area contributed by atoms with Gasteiger partial charge in [-0.25, -0.2) is 13.1 Å². The molecule has 162 valence electrons. The number of likely N-dealkylation sites (tertiary alicyclic amines) is 1. The molecule has 10 heteroatoms. The molecule has 30 heavy (non-hydrogen) atoms. The summed E-state index contributed by atoms with van der Waals surface area (Å²) in [5.41, 5.74) is 0. The minimum absolute atomic E-state index is 0.110. The minimum atomic E-state index is -3.61. The van der Waals surface area contributed by atoms with Crippen molar-refractivity contribution in [2.45, 2.75) is 4.90 Å². The van der Waals surface area contributed by atoms with E-state index in [-0.39, 0.29) is 15.8 Å². The summed E-state index contributed by atoms with van der Waals surface area (Å²) in [7, 11) is -3.61. The molecule has 0 amide bonds. The first kappa shape index (κ1) is 21.5. The van der Waals surface area contributed by atoms with Crippen LogP contribution in [0.4, 0.5) is 0 Å². The number of rotatable bonds is 8. The first-order chi connectivity index (χ1) is 14.4. The van der Waals surface area contributed by atoms with Gasteiger partial charge in [-0.05, 0) is 36.2 Å². The van der Waals surface area contributed by atoms with E-state index < -0.39 is 10.0 Å². The molecule has 4 rings (SSSR count). The molecule has 0 bridgehead atoms. The van der Waals surface area contributed by atoms with Gasteiger partial charge in [0.05, 0.1) is 14.9 Å². The average molecular weight is 473 g/mol. The second-order valence-electron chi connectivity index (χ2n) is 7.18. The lowest BCUT2D eigenvalue weighted by molar-refractivity contribution is 0.0835. The average Bonchev–Trinajstić information content (AvgIpc) is 2.71. The third kappa shape index (κ3) is 4.95. The van der Waals surface area contributed by atoms with Gasteiger partial charge in [-0.3, -0.25) is 4.90 Å². The van der Waals surface area contributed by atoms with Crippen LogP contribution in [0.15, 0.2) is 41.3 Å². The number of ether oxygens (including phenoxy) is 3. The first-order valence-electron chi connectivity index (χ1n) is 9.61. The highest BCUT2D eigenvalue weighted by molar-refractivity contribution is 7.89. The largest absolute Gasteiger partial charge is 0.488 e. The van der Waals surface area contributed by atoms with Crippen LogP contribution in [0.5, 0.6) is 17.2 Å². The van der Waals surface area contributed by atoms with Gasteiger partial charge in [0.25, 0.3) is 0 Å². The SMILES string of the molecule is O=S(=O)(NCC1CN(CCOc2cccc3c2OCCO3)C1)c1ccc(Cl)c(Cl)c1. The molecular formula is C20H22Cl2N2O5S. The number of hydrogen-bond donors (Lipinski definition) is 1.